The third-order valence-electron chi connectivity index (χ3n) is 2.98. The summed E-state index contributed by atoms with van der Waals surface area (Å²) in [4.78, 5) is 10.3. The summed E-state index contributed by atoms with van der Waals surface area (Å²) in [7, 11) is 0. The van der Waals surface area contributed by atoms with Crippen molar-refractivity contribution in [2.45, 2.75) is 19.3 Å². The van der Waals surface area contributed by atoms with E-state index >= 15 is 0 Å². The Hall–Kier alpha value is -1.78. The molecular formula is C11H14N2O3. The maximum atomic E-state index is 10.8. The first-order valence-electron chi connectivity index (χ1n) is 5.38. The van der Waals surface area contributed by atoms with Crippen molar-refractivity contribution < 1.29 is 10.0 Å². The van der Waals surface area contributed by atoms with E-state index in [1.54, 1.807) is 6.07 Å². The molecule has 0 aromatic heterocycles. The van der Waals surface area contributed by atoms with Crippen molar-refractivity contribution in [3.63, 3.8) is 0 Å². The average molecular weight is 222 g/mol. The highest BCUT2D eigenvalue weighted by Crippen LogP contribution is 2.31. The molecule has 0 atom stereocenters. The van der Waals surface area contributed by atoms with Crippen LogP contribution in [-0.2, 0) is 0 Å². The highest BCUT2D eigenvalue weighted by Gasteiger charge is 2.19. The van der Waals surface area contributed by atoms with Gasteiger partial charge in [-0.3, -0.25) is 10.1 Å². The normalized spacial score (nSPS) is 15.5. The number of rotatable bonds is 4. The third kappa shape index (κ3) is 2.24. The number of hydrogen-bond donors (Lipinski definition) is 2. The molecular weight excluding hydrogens is 208 g/mol. The number of nitrogens with one attached hydrogen (secondary N) is 1. The van der Waals surface area contributed by atoms with E-state index in [0.717, 1.165) is 6.54 Å². The lowest BCUT2D eigenvalue weighted by atomic mass is 9.85. The van der Waals surface area contributed by atoms with E-state index in [9.17, 15) is 15.2 Å². The fraction of sp³-hybridized carbons (Fsp3) is 0.455. The van der Waals surface area contributed by atoms with Crippen molar-refractivity contribution in [3.05, 3.63) is 28.3 Å². The molecule has 2 N–H and O–H groups in total. The van der Waals surface area contributed by atoms with Gasteiger partial charge in [0.15, 0.2) is 0 Å². The quantitative estimate of drug-likeness (QED) is 0.466. The van der Waals surface area contributed by atoms with Crippen molar-refractivity contribution in [2.24, 2.45) is 5.92 Å². The molecule has 0 aliphatic heterocycles. The predicted octanol–water partition coefficient (Wildman–Crippen LogP) is 2.51. The molecule has 0 spiro atoms. The van der Waals surface area contributed by atoms with Crippen LogP contribution in [0.15, 0.2) is 18.2 Å². The number of nitro benzene ring substituents is 1. The lowest BCUT2D eigenvalue weighted by Crippen LogP contribution is -2.21. The van der Waals surface area contributed by atoms with Crippen LogP contribution in [0.4, 0.5) is 11.4 Å². The number of hydrogen-bond acceptors (Lipinski definition) is 4. The number of aromatic hydroxyl groups is 1. The molecule has 2 rings (SSSR count). The summed E-state index contributed by atoms with van der Waals surface area (Å²) in [5.41, 5.74) is 0.411. The smallest absolute Gasteiger partial charge is 0.296 e. The minimum atomic E-state index is -0.483. The molecule has 0 bridgehead atoms. The van der Waals surface area contributed by atoms with E-state index in [1.807, 2.05) is 0 Å². The molecule has 0 unspecified atom stereocenters. The van der Waals surface area contributed by atoms with Crippen molar-refractivity contribution >= 4 is 11.4 Å². The van der Waals surface area contributed by atoms with Gasteiger partial charge in [-0.1, -0.05) is 6.42 Å². The van der Waals surface area contributed by atoms with Crippen LogP contribution in [-0.4, -0.2) is 16.6 Å². The van der Waals surface area contributed by atoms with Gasteiger partial charge in [0.05, 0.1) is 11.0 Å². The van der Waals surface area contributed by atoms with Crippen molar-refractivity contribution in [1.29, 1.82) is 0 Å². The van der Waals surface area contributed by atoms with E-state index in [1.165, 1.54) is 31.4 Å². The van der Waals surface area contributed by atoms with Gasteiger partial charge in [0.2, 0.25) is 0 Å². The van der Waals surface area contributed by atoms with Crippen LogP contribution in [0.25, 0.3) is 0 Å². The lowest BCUT2D eigenvalue weighted by molar-refractivity contribution is -0.384. The van der Waals surface area contributed by atoms with Gasteiger partial charge in [0.1, 0.15) is 11.4 Å². The van der Waals surface area contributed by atoms with Crippen molar-refractivity contribution in [1.82, 2.24) is 0 Å². The van der Waals surface area contributed by atoms with E-state index in [-0.39, 0.29) is 11.4 Å². The summed E-state index contributed by atoms with van der Waals surface area (Å²) >= 11 is 0. The first-order valence-corrected chi connectivity index (χ1v) is 5.38. The average Bonchev–Trinajstić information content (AvgIpc) is 2.17. The Bertz CT molecular complexity index is 402. The van der Waals surface area contributed by atoms with Gasteiger partial charge in [-0.25, -0.2) is 0 Å². The minimum Gasteiger partial charge on any atom is -0.508 e. The van der Waals surface area contributed by atoms with Gasteiger partial charge >= 0.3 is 0 Å². The molecule has 1 aliphatic rings. The van der Waals surface area contributed by atoms with Crippen LogP contribution in [0, 0.1) is 16.0 Å². The van der Waals surface area contributed by atoms with Gasteiger partial charge in [0.25, 0.3) is 5.69 Å². The fourth-order valence-electron chi connectivity index (χ4n) is 1.77. The maximum Gasteiger partial charge on any atom is 0.296 e. The Balaban J connectivity index is 2.08. The zero-order valence-corrected chi connectivity index (χ0v) is 8.85. The van der Waals surface area contributed by atoms with E-state index in [0.29, 0.717) is 11.6 Å². The molecule has 0 saturated heterocycles. The SMILES string of the molecule is O=[N+]([O-])c1cc(O)ccc1NCC1CCC1. The van der Waals surface area contributed by atoms with Gasteiger partial charge in [-0.15, -0.1) is 0 Å². The maximum absolute atomic E-state index is 10.8. The van der Waals surface area contributed by atoms with E-state index < -0.39 is 4.92 Å². The van der Waals surface area contributed by atoms with Crippen molar-refractivity contribution in [3.8, 4) is 5.75 Å². The number of anilines is 1. The summed E-state index contributed by atoms with van der Waals surface area (Å²) < 4.78 is 0. The molecule has 5 nitrogen and oxygen atoms in total. The largest absolute Gasteiger partial charge is 0.508 e. The zero-order chi connectivity index (χ0) is 11.5. The van der Waals surface area contributed by atoms with Crippen LogP contribution < -0.4 is 5.32 Å². The Morgan fingerprint density at radius 1 is 1.50 bits per heavy atom. The molecule has 86 valence electrons. The Morgan fingerprint density at radius 2 is 2.25 bits per heavy atom. The van der Waals surface area contributed by atoms with Crippen LogP contribution in [0.1, 0.15) is 19.3 Å². The van der Waals surface area contributed by atoms with Gasteiger partial charge in [-0.05, 0) is 30.9 Å². The van der Waals surface area contributed by atoms with Crippen LogP contribution in [0.2, 0.25) is 0 Å². The summed E-state index contributed by atoms with van der Waals surface area (Å²) in [6, 6.07) is 4.17. The van der Waals surface area contributed by atoms with Crippen LogP contribution >= 0.6 is 0 Å². The fourth-order valence-corrected chi connectivity index (χ4v) is 1.77. The summed E-state index contributed by atoms with van der Waals surface area (Å²) in [6.45, 7) is 0.769. The Morgan fingerprint density at radius 3 is 2.81 bits per heavy atom. The number of phenols is 1. The summed E-state index contributed by atoms with van der Waals surface area (Å²) in [5, 5.41) is 23.0. The Labute approximate surface area is 93.2 Å². The highest BCUT2D eigenvalue weighted by atomic mass is 16.6. The highest BCUT2D eigenvalue weighted by molar-refractivity contribution is 5.63. The number of phenolic OH excluding ortho intramolecular Hbond substituents is 1. The van der Waals surface area contributed by atoms with Crippen molar-refractivity contribution in [2.75, 3.05) is 11.9 Å². The molecule has 1 saturated carbocycles. The number of nitro groups is 1. The molecule has 0 amide bonds. The van der Waals surface area contributed by atoms with E-state index in [2.05, 4.69) is 5.32 Å². The summed E-state index contributed by atoms with van der Waals surface area (Å²) in [5.74, 6) is 0.550. The Kier molecular flexibility index (Phi) is 2.94. The second-order valence-electron chi connectivity index (χ2n) is 4.14. The van der Waals surface area contributed by atoms with Crippen LogP contribution in [0.5, 0.6) is 5.75 Å². The first-order chi connectivity index (χ1) is 7.66. The first kappa shape index (κ1) is 10.7. The van der Waals surface area contributed by atoms with Gasteiger partial charge in [0, 0.05) is 6.54 Å². The number of benzene rings is 1. The predicted molar refractivity (Wildman–Crippen MR) is 60.6 cm³/mol. The van der Waals surface area contributed by atoms with Gasteiger partial charge < -0.3 is 10.4 Å². The second-order valence-corrected chi connectivity index (χ2v) is 4.14. The second kappa shape index (κ2) is 4.38. The molecule has 16 heavy (non-hydrogen) atoms. The monoisotopic (exact) mass is 222 g/mol. The molecule has 1 aliphatic carbocycles. The minimum absolute atomic E-state index is 0.0701. The molecule has 1 fully saturated rings. The molecule has 0 heterocycles. The van der Waals surface area contributed by atoms with Gasteiger partial charge in [-0.2, -0.15) is 0 Å². The molecule has 5 heteroatoms. The lowest BCUT2D eigenvalue weighted by Gasteiger charge is -2.25. The summed E-state index contributed by atoms with van der Waals surface area (Å²) in [6.07, 6.45) is 3.64. The zero-order valence-electron chi connectivity index (χ0n) is 8.85. The topological polar surface area (TPSA) is 75.4 Å². The standard InChI is InChI=1S/C11H14N2O3/c14-9-4-5-10(11(6-9)13(15)16)12-7-8-2-1-3-8/h4-6,8,12,14H,1-3,7H2. The third-order valence-corrected chi connectivity index (χ3v) is 2.98. The number of nitrogens with zero attached hydrogens (tertiary/aromatic N) is 1. The molecule has 0 radical (unpaired) electrons. The van der Waals surface area contributed by atoms with Crippen LogP contribution in [0.3, 0.4) is 0 Å². The molecule has 1 aromatic carbocycles. The van der Waals surface area contributed by atoms with E-state index in [4.69, 9.17) is 0 Å². The molecule has 1 aromatic rings.